The lowest BCUT2D eigenvalue weighted by Gasteiger charge is -2.18. The molecule has 0 aliphatic heterocycles. The second-order valence-electron chi connectivity index (χ2n) is 18.4. The van der Waals surface area contributed by atoms with Crippen LogP contribution in [0, 0.1) is 0 Å². The fourth-order valence-corrected chi connectivity index (χ4v) is 6.98. The van der Waals surface area contributed by atoms with Crippen molar-refractivity contribution >= 4 is 17.9 Å². The molecule has 0 aliphatic carbocycles. The third kappa shape index (κ3) is 60.7. The first-order valence-corrected chi connectivity index (χ1v) is 29.6. The Morgan fingerprint density at radius 2 is 0.506 bits per heavy atom. The molecular formula is C71H104O6. The Morgan fingerprint density at radius 1 is 0.260 bits per heavy atom. The molecule has 0 aromatic carbocycles. The summed E-state index contributed by atoms with van der Waals surface area (Å²) in [4.78, 5) is 38.2. The highest BCUT2D eigenvalue weighted by Crippen LogP contribution is 2.10. The molecule has 0 fully saturated rings. The van der Waals surface area contributed by atoms with Crippen LogP contribution in [0.25, 0.3) is 0 Å². The Kier molecular flexibility index (Phi) is 57.6. The predicted octanol–water partition coefficient (Wildman–Crippen LogP) is 20.4. The van der Waals surface area contributed by atoms with Gasteiger partial charge in [0.05, 0.1) is 0 Å². The molecule has 0 spiro atoms. The SMILES string of the molecule is CC/C=C\C/C=C\C/C=C\C/C=C\C/C=C\C/C=C\C/C=C\CCCC(=O)OCC(COC(=O)CCCCCC/C=C\C/C=C\C/C=C\C/C=C\CC)OC(=O)CC/C=C\C/C=C\C/C=C\C/C=C\C/C=C\C/C=C\CC. The Hall–Kier alpha value is -6.01. The minimum atomic E-state index is -0.868. The summed E-state index contributed by atoms with van der Waals surface area (Å²) in [5.74, 6) is -1.14. The van der Waals surface area contributed by atoms with Crippen LogP contribution >= 0.6 is 0 Å². The zero-order valence-electron chi connectivity index (χ0n) is 48.4. The predicted molar refractivity (Wildman–Crippen MR) is 333 cm³/mol. The highest BCUT2D eigenvalue weighted by atomic mass is 16.6. The summed E-state index contributed by atoms with van der Waals surface area (Å²) in [6.07, 6.45) is 96.9. The molecule has 0 aromatic heterocycles. The van der Waals surface area contributed by atoms with Gasteiger partial charge in [-0.2, -0.15) is 0 Å². The lowest BCUT2D eigenvalue weighted by atomic mass is 10.1. The number of carbonyl (C=O) groups excluding carboxylic acids is 3. The molecule has 0 rings (SSSR count). The first kappa shape index (κ1) is 71.0. The maximum atomic E-state index is 12.9. The van der Waals surface area contributed by atoms with Crippen LogP contribution in [0.15, 0.2) is 207 Å². The maximum absolute atomic E-state index is 12.9. The summed E-state index contributed by atoms with van der Waals surface area (Å²) < 4.78 is 16.7. The van der Waals surface area contributed by atoms with E-state index in [4.69, 9.17) is 14.2 Å². The molecule has 0 aliphatic rings. The molecule has 6 nitrogen and oxygen atoms in total. The monoisotopic (exact) mass is 1050 g/mol. The number of ether oxygens (including phenoxy) is 3. The maximum Gasteiger partial charge on any atom is 0.306 e. The number of rotatable bonds is 50. The van der Waals surface area contributed by atoms with Gasteiger partial charge in [0.15, 0.2) is 6.10 Å². The number of hydrogen-bond acceptors (Lipinski definition) is 6. The van der Waals surface area contributed by atoms with E-state index in [0.29, 0.717) is 19.3 Å². The summed E-state index contributed by atoms with van der Waals surface area (Å²) in [6.45, 7) is 6.14. The topological polar surface area (TPSA) is 78.9 Å². The third-order valence-corrected chi connectivity index (χ3v) is 11.3. The van der Waals surface area contributed by atoms with Crippen LogP contribution in [-0.2, 0) is 28.6 Å². The molecule has 1 unspecified atom stereocenters. The summed E-state index contributed by atoms with van der Waals surface area (Å²) in [5, 5.41) is 0. The van der Waals surface area contributed by atoms with Crippen LogP contribution in [0.4, 0.5) is 0 Å². The quantitative estimate of drug-likeness (QED) is 0.0261. The van der Waals surface area contributed by atoms with Gasteiger partial charge in [-0.1, -0.05) is 240 Å². The highest BCUT2D eigenvalue weighted by Gasteiger charge is 2.19. The molecule has 0 radical (unpaired) electrons. The molecule has 0 heterocycles. The number of allylic oxidation sites excluding steroid dienone is 34. The van der Waals surface area contributed by atoms with E-state index in [1.165, 1.54) is 0 Å². The molecule has 0 N–H and O–H groups in total. The summed E-state index contributed by atoms with van der Waals surface area (Å²) in [5.41, 5.74) is 0. The normalized spacial score (nSPS) is 13.6. The van der Waals surface area contributed by atoms with Crippen molar-refractivity contribution in [1.29, 1.82) is 0 Å². The molecule has 0 saturated carbocycles. The lowest BCUT2D eigenvalue weighted by molar-refractivity contribution is -0.166. The van der Waals surface area contributed by atoms with Gasteiger partial charge in [-0.25, -0.2) is 0 Å². The van der Waals surface area contributed by atoms with Crippen LogP contribution in [0.5, 0.6) is 0 Å². The van der Waals surface area contributed by atoms with Gasteiger partial charge < -0.3 is 14.2 Å². The highest BCUT2D eigenvalue weighted by molar-refractivity contribution is 5.71. The smallest absolute Gasteiger partial charge is 0.306 e. The average molecular weight is 1050 g/mol. The van der Waals surface area contributed by atoms with E-state index in [1.54, 1.807) is 0 Å². The summed E-state index contributed by atoms with van der Waals surface area (Å²) in [7, 11) is 0. The van der Waals surface area contributed by atoms with E-state index in [0.717, 1.165) is 148 Å². The molecule has 6 heteroatoms. The van der Waals surface area contributed by atoms with Crippen LogP contribution < -0.4 is 0 Å². The van der Waals surface area contributed by atoms with E-state index in [1.807, 2.05) is 12.2 Å². The standard InChI is InChI=1S/C71H104O6/c1-4-7-10-13-16-19-22-25-28-31-33-34-35-36-38-40-43-46-49-52-55-58-61-64-70(73)76-67-68(66-75-69(72)63-60-57-54-51-48-45-42-39-30-27-24-21-18-15-12-9-6-3)77-71(74)65-62-59-56-53-50-47-44-41-37-32-29-26-23-20-17-14-11-8-5-2/h7-12,16-21,25-30,33-34,36-38,41-43,45-47,50,52,55-56,59,68H,4-6,13-15,22-24,31-32,35,39-40,44,48-49,51,53-54,57-58,60-67H2,1-3H3/b10-7-,11-8-,12-9-,19-16-,20-17-,21-18-,28-25-,29-26-,30-27-,34-33-,38-36-,41-37-,45-42-,46-43-,50-47-,55-52-,59-56-. The van der Waals surface area contributed by atoms with Gasteiger partial charge in [0.2, 0.25) is 0 Å². The van der Waals surface area contributed by atoms with Gasteiger partial charge in [0.25, 0.3) is 0 Å². The molecule has 0 bridgehead atoms. The summed E-state index contributed by atoms with van der Waals surface area (Å²) >= 11 is 0. The zero-order chi connectivity index (χ0) is 55.7. The fourth-order valence-electron chi connectivity index (χ4n) is 6.98. The van der Waals surface area contributed by atoms with Crippen molar-refractivity contribution in [3.8, 4) is 0 Å². The number of unbranched alkanes of at least 4 members (excludes halogenated alkanes) is 5. The third-order valence-electron chi connectivity index (χ3n) is 11.3. The summed E-state index contributed by atoms with van der Waals surface area (Å²) in [6, 6.07) is 0. The Labute approximate surface area is 470 Å². The van der Waals surface area contributed by atoms with Crippen molar-refractivity contribution in [2.45, 2.75) is 207 Å². The van der Waals surface area contributed by atoms with Crippen molar-refractivity contribution in [3.63, 3.8) is 0 Å². The van der Waals surface area contributed by atoms with Crippen LogP contribution in [0.1, 0.15) is 201 Å². The largest absolute Gasteiger partial charge is 0.462 e. The molecule has 0 aromatic rings. The molecule has 0 amide bonds. The minimum Gasteiger partial charge on any atom is -0.462 e. The molecule has 0 saturated heterocycles. The first-order valence-electron chi connectivity index (χ1n) is 29.6. The Morgan fingerprint density at radius 3 is 0.818 bits per heavy atom. The van der Waals surface area contributed by atoms with E-state index in [2.05, 4.69) is 215 Å². The molecule has 424 valence electrons. The second-order valence-corrected chi connectivity index (χ2v) is 18.4. The second kappa shape index (κ2) is 62.5. The van der Waals surface area contributed by atoms with Crippen molar-refractivity contribution in [3.05, 3.63) is 207 Å². The van der Waals surface area contributed by atoms with Crippen LogP contribution in [-0.4, -0.2) is 37.2 Å². The van der Waals surface area contributed by atoms with E-state index < -0.39 is 12.1 Å². The lowest BCUT2D eigenvalue weighted by Crippen LogP contribution is -2.30. The number of esters is 3. The van der Waals surface area contributed by atoms with Crippen LogP contribution in [0.2, 0.25) is 0 Å². The van der Waals surface area contributed by atoms with Gasteiger partial charge in [-0.05, 0) is 148 Å². The molecule has 1 atom stereocenters. The fraction of sp³-hybridized carbons (Fsp3) is 0.479. The van der Waals surface area contributed by atoms with Gasteiger partial charge in [0.1, 0.15) is 13.2 Å². The van der Waals surface area contributed by atoms with Crippen molar-refractivity contribution in [2.24, 2.45) is 0 Å². The Balaban J connectivity index is 4.69. The first-order chi connectivity index (χ1) is 38.0. The van der Waals surface area contributed by atoms with Crippen molar-refractivity contribution < 1.29 is 28.6 Å². The van der Waals surface area contributed by atoms with Gasteiger partial charge in [-0.3, -0.25) is 14.4 Å². The van der Waals surface area contributed by atoms with Crippen molar-refractivity contribution in [2.75, 3.05) is 13.2 Å². The number of carbonyl (C=O) groups is 3. The van der Waals surface area contributed by atoms with Crippen molar-refractivity contribution in [1.82, 2.24) is 0 Å². The van der Waals surface area contributed by atoms with E-state index in [9.17, 15) is 14.4 Å². The van der Waals surface area contributed by atoms with E-state index in [-0.39, 0.29) is 38.0 Å². The molecular weight excluding hydrogens is 949 g/mol. The average Bonchev–Trinajstić information content (AvgIpc) is 3.43. The van der Waals surface area contributed by atoms with Crippen LogP contribution in [0.3, 0.4) is 0 Å². The van der Waals surface area contributed by atoms with E-state index >= 15 is 0 Å². The number of hydrogen-bond donors (Lipinski definition) is 0. The van der Waals surface area contributed by atoms with Gasteiger partial charge in [-0.15, -0.1) is 0 Å². The van der Waals surface area contributed by atoms with Gasteiger partial charge in [0, 0.05) is 19.3 Å². The minimum absolute atomic E-state index is 0.152. The van der Waals surface area contributed by atoms with Gasteiger partial charge >= 0.3 is 17.9 Å². The Bertz CT molecular complexity index is 1930. The zero-order valence-corrected chi connectivity index (χ0v) is 48.4. The molecule has 77 heavy (non-hydrogen) atoms.